The number of nitrogens with one attached hydrogen (secondary N) is 1. The Hall–Kier alpha value is -0.780. The van der Waals surface area contributed by atoms with Gasteiger partial charge >= 0.3 is 0 Å². The molecule has 1 saturated carbocycles. The number of phenols is 1. The summed E-state index contributed by atoms with van der Waals surface area (Å²) < 4.78 is 0.660. The molecule has 4 nitrogen and oxygen atoms in total. The monoisotopic (exact) mass is 347 g/mol. The van der Waals surface area contributed by atoms with Crippen LogP contribution in [0.5, 0.6) is 5.75 Å². The van der Waals surface area contributed by atoms with E-state index in [4.69, 9.17) is 11.6 Å². The fourth-order valence-corrected chi connectivity index (χ4v) is 2.98. The molecule has 0 radical (unpaired) electrons. The van der Waals surface area contributed by atoms with E-state index in [0.717, 1.165) is 12.8 Å². The molecule has 3 N–H and O–H groups in total. The van der Waals surface area contributed by atoms with Crippen LogP contribution in [0.15, 0.2) is 10.5 Å². The number of amides is 1. The zero-order chi connectivity index (χ0) is 14.2. The van der Waals surface area contributed by atoms with Gasteiger partial charge < -0.3 is 15.5 Å². The molecule has 0 bridgehead atoms. The van der Waals surface area contributed by atoms with Gasteiger partial charge in [0.15, 0.2) is 0 Å². The lowest BCUT2D eigenvalue weighted by Gasteiger charge is -2.17. The maximum atomic E-state index is 12.1. The Labute approximate surface area is 124 Å². The fourth-order valence-electron chi connectivity index (χ4n) is 2.23. The highest BCUT2D eigenvalue weighted by atomic mass is 79.9. The third kappa shape index (κ3) is 2.88. The van der Waals surface area contributed by atoms with Crippen LogP contribution in [0.3, 0.4) is 0 Å². The second-order valence-electron chi connectivity index (χ2n) is 4.77. The van der Waals surface area contributed by atoms with Crippen LogP contribution in [0.2, 0.25) is 5.02 Å². The molecule has 0 spiro atoms. The molecule has 1 aliphatic carbocycles. The van der Waals surface area contributed by atoms with E-state index in [0.29, 0.717) is 16.5 Å². The number of aliphatic hydroxyl groups is 1. The van der Waals surface area contributed by atoms with Crippen molar-refractivity contribution in [3.05, 3.63) is 26.7 Å². The highest BCUT2D eigenvalue weighted by molar-refractivity contribution is 9.10. The molecular weight excluding hydrogens is 334 g/mol. The summed E-state index contributed by atoms with van der Waals surface area (Å²) in [7, 11) is 0. The lowest BCUT2D eigenvalue weighted by atomic mass is 10.1. The van der Waals surface area contributed by atoms with Crippen molar-refractivity contribution in [3.63, 3.8) is 0 Å². The van der Waals surface area contributed by atoms with E-state index in [9.17, 15) is 15.0 Å². The largest absolute Gasteiger partial charge is 0.506 e. The Morgan fingerprint density at radius 3 is 2.79 bits per heavy atom. The molecule has 1 amide bonds. The number of carbonyl (C=O) groups is 1. The molecule has 0 heterocycles. The summed E-state index contributed by atoms with van der Waals surface area (Å²) in [4.78, 5) is 12.1. The van der Waals surface area contributed by atoms with E-state index in [2.05, 4.69) is 21.2 Å². The summed E-state index contributed by atoms with van der Waals surface area (Å²) in [6.45, 7) is 1.74. The van der Waals surface area contributed by atoms with Crippen molar-refractivity contribution >= 4 is 33.4 Å². The minimum absolute atomic E-state index is 0.113. The van der Waals surface area contributed by atoms with Crippen molar-refractivity contribution in [1.29, 1.82) is 0 Å². The van der Waals surface area contributed by atoms with E-state index in [1.165, 1.54) is 6.07 Å². The van der Waals surface area contributed by atoms with Gasteiger partial charge in [0.25, 0.3) is 5.91 Å². The number of rotatable bonds is 2. The molecule has 2 rings (SSSR count). The number of hydrogen-bond acceptors (Lipinski definition) is 3. The van der Waals surface area contributed by atoms with Gasteiger partial charge in [-0.3, -0.25) is 4.79 Å². The van der Waals surface area contributed by atoms with Crippen molar-refractivity contribution in [2.45, 2.75) is 38.3 Å². The summed E-state index contributed by atoms with van der Waals surface area (Å²) in [6, 6.07) is 1.28. The molecule has 2 atom stereocenters. The van der Waals surface area contributed by atoms with Crippen LogP contribution in [0.25, 0.3) is 0 Å². The van der Waals surface area contributed by atoms with E-state index < -0.39 is 12.0 Å². The van der Waals surface area contributed by atoms with E-state index >= 15 is 0 Å². The maximum absolute atomic E-state index is 12.1. The van der Waals surface area contributed by atoms with Gasteiger partial charge in [0.05, 0.1) is 22.7 Å². The van der Waals surface area contributed by atoms with Crippen LogP contribution >= 0.6 is 27.5 Å². The Balaban J connectivity index is 2.24. The maximum Gasteiger partial charge on any atom is 0.255 e. The van der Waals surface area contributed by atoms with Crippen molar-refractivity contribution in [3.8, 4) is 5.75 Å². The van der Waals surface area contributed by atoms with Crippen molar-refractivity contribution in [1.82, 2.24) is 5.32 Å². The number of phenolic OH excluding ortho intramolecular Hbond substituents is 1. The first kappa shape index (κ1) is 14.6. The lowest BCUT2D eigenvalue weighted by Crippen LogP contribution is -2.39. The van der Waals surface area contributed by atoms with Crippen LogP contribution < -0.4 is 5.32 Å². The molecule has 1 aromatic rings. The Bertz CT molecular complexity index is 521. The summed E-state index contributed by atoms with van der Waals surface area (Å²) in [5.74, 6) is -0.654. The van der Waals surface area contributed by atoms with Crippen LogP contribution in [-0.2, 0) is 0 Å². The molecule has 1 fully saturated rings. The second-order valence-corrected chi connectivity index (χ2v) is 6.00. The van der Waals surface area contributed by atoms with E-state index in [1.807, 2.05) is 0 Å². The summed E-state index contributed by atoms with van der Waals surface area (Å²) >= 11 is 9.27. The van der Waals surface area contributed by atoms with Crippen LogP contribution in [0.4, 0.5) is 0 Å². The Kier molecular flexibility index (Phi) is 4.38. The molecule has 0 aliphatic heterocycles. The molecular formula is C13H15BrClNO3. The summed E-state index contributed by atoms with van der Waals surface area (Å²) in [6.07, 6.45) is 1.80. The molecule has 0 unspecified atom stereocenters. The van der Waals surface area contributed by atoms with Crippen molar-refractivity contribution in [2.75, 3.05) is 0 Å². The molecule has 1 aliphatic rings. The third-order valence-corrected chi connectivity index (χ3v) is 4.75. The first-order valence-electron chi connectivity index (χ1n) is 6.08. The van der Waals surface area contributed by atoms with E-state index in [-0.39, 0.29) is 22.4 Å². The normalized spacial score (nSPS) is 22.5. The predicted molar refractivity (Wildman–Crippen MR) is 76.7 cm³/mol. The van der Waals surface area contributed by atoms with Crippen molar-refractivity contribution in [2.24, 2.45) is 0 Å². The quantitative estimate of drug-likeness (QED) is 0.770. The van der Waals surface area contributed by atoms with Gasteiger partial charge in [-0.2, -0.15) is 0 Å². The first-order valence-corrected chi connectivity index (χ1v) is 7.25. The molecule has 6 heteroatoms. The Morgan fingerprint density at radius 2 is 2.21 bits per heavy atom. The Morgan fingerprint density at radius 1 is 1.53 bits per heavy atom. The number of hydrogen-bond donors (Lipinski definition) is 3. The van der Waals surface area contributed by atoms with Gasteiger partial charge in [0, 0.05) is 4.47 Å². The molecule has 19 heavy (non-hydrogen) atoms. The standard InChI is InChI=1S/C13H15BrClNO3/c1-6-8(14)5-7(12(18)11(6)15)13(19)16-9-3-2-4-10(9)17/h5,9-10,17-18H,2-4H2,1H3,(H,16,19)/t9-,10-/m0/s1. The average Bonchev–Trinajstić information content (AvgIpc) is 2.77. The number of benzene rings is 1. The number of aliphatic hydroxyl groups excluding tert-OH is 1. The zero-order valence-corrected chi connectivity index (χ0v) is 12.8. The van der Waals surface area contributed by atoms with Gasteiger partial charge in [-0.05, 0) is 37.8 Å². The van der Waals surface area contributed by atoms with Crippen LogP contribution in [0, 0.1) is 6.92 Å². The SMILES string of the molecule is Cc1c(Br)cc(C(=O)N[C@H]2CCC[C@@H]2O)c(O)c1Cl. The smallest absolute Gasteiger partial charge is 0.255 e. The van der Waals surface area contributed by atoms with Crippen LogP contribution in [-0.4, -0.2) is 28.3 Å². The highest BCUT2D eigenvalue weighted by Gasteiger charge is 2.28. The van der Waals surface area contributed by atoms with Gasteiger partial charge in [0.2, 0.25) is 0 Å². The molecule has 104 valence electrons. The molecule has 0 saturated heterocycles. The van der Waals surface area contributed by atoms with Crippen LogP contribution in [0.1, 0.15) is 35.2 Å². The van der Waals surface area contributed by atoms with Gasteiger partial charge in [-0.1, -0.05) is 27.5 Å². The minimum Gasteiger partial charge on any atom is -0.506 e. The zero-order valence-electron chi connectivity index (χ0n) is 10.4. The van der Waals surface area contributed by atoms with Crippen molar-refractivity contribution < 1.29 is 15.0 Å². The van der Waals surface area contributed by atoms with Gasteiger partial charge in [0.1, 0.15) is 5.75 Å². The lowest BCUT2D eigenvalue weighted by molar-refractivity contribution is 0.0870. The van der Waals surface area contributed by atoms with Gasteiger partial charge in [-0.15, -0.1) is 0 Å². The first-order chi connectivity index (χ1) is 8.91. The summed E-state index contributed by atoms with van der Waals surface area (Å²) in [5.41, 5.74) is 0.790. The third-order valence-electron chi connectivity index (χ3n) is 3.46. The highest BCUT2D eigenvalue weighted by Crippen LogP contribution is 2.35. The van der Waals surface area contributed by atoms with E-state index in [1.54, 1.807) is 6.92 Å². The topological polar surface area (TPSA) is 69.6 Å². The fraction of sp³-hybridized carbons (Fsp3) is 0.462. The number of aromatic hydroxyl groups is 1. The molecule has 0 aromatic heterocycles. The molecule has 1 aromatic carbocycles. The van der Waals surface area contributed by atoms with Gasteiger partial charge in [-0.25, -0.2) is 0 Å². The summed E-state index contributed by atoms with van der Waals surface area (Å²) in [5, 5.41) is 22.5. The average molecular weight is 349 g/mol. The number of carbonyl (C=O) groups excluding carboxylic acids is 1. The predicted octanol–water partition coefficient (Wildman–Crippen LogP) is 2.76. The number of halogens is 2. The minimum atomic E-state index is -0.518. The second kappa shape index (κ2) is 5.69.